The second-order valence-electron chi connectivity index (χ2n) is 20.7. The maximum absolute atomic E-state index is 12.8. The highest BCUT2D eigenvalue weighted by Gasteiger charge is 2.26. The molecule has 0 rings (SSSR count). The summed E-state index contributed by atoms with van der Waals surface area (Å²) in [6.07, 6.45) is 63.5. The fourth-order valence-corrected chi connectivity index (χ4v) is 8.97. The summed E-state index contributed by atoms with van der Waals surface area (Å²) in [5.74, 6) is -0.312. The van der Waals surface area contributed by atoms with Crippen LogP contribution in [0.2, 0.25) is 0 Å². The first-order valence-corrected chi connectivity index (χ1v) is 30.2. The average Bonchev–Trinajstić information content (AvgIpc) is 3.29. The van der Waals surface area contributed by atoms with Crippen LogP contribution in [0.4, 0.5) is 0 Å². The van der Waals surface area contributed by atoms with Crippen LogP contribution in [0.5, 0.6) is 0 Å². The van der Waals surface area contributed by atoms with Crippen molar-refractivity contribution in [2.45, 2.75) is 277 Å². The van der Waals surface area contributed by atoms with Crippen molar-refractivity contribution in [3.8, 4) is 0 Å². The SMILES string of the molecule is CCCCCCC/C=C\C/C=C\CCCCCCCCCCCCCCOCC(COP(=O)(O)OCC[N+](C)(C)C)OC(=O)CCCCCCCCCCC/C=C\CCCCCCCCCC. The smallest absolute Gasteiger partial charge is 0.457 e. The van der Waals surface area contributed by atoms with Gasteiger partial charge in [-0.2, -0.15) is 0 Å². The number of carbonyl (C=O) groups is 1. The maximum atomic E-state index is 12.8. The summed E-state index contributed by atoms with van der Waals surface area (Å²) in [4.78, 5) is 23.1. The number of esters is 1. The van der Waals surface area contributed by atoms with E-state index in [1.807, 2.05) is 21.1 Å². The van der Waals surface area contributed by atoms with Crippen molar-refractivity contribution in [3.63, 3.8) is 0 Å². The Morgan fingerprint density at radius 1 is 0.463 bits per heavy atom. The molecule has 0 amide bonds. The van der Waals surface area contributed by atoms with E-state index in [2.05, 4.69) is 50.3 Å². The molecule has 396 valence electrons. The summed E-state index contributed by atoms with van der Waals surface area (Å²) in [5.41, 5.74) is 0. The lowest BCUT2D eigenvalue weighted by Gasteiger charge is -2.24. The summed E-state index contributed by atoms with van der Waals surface area (Å²) in [6.45, 7) is 5.66. The Balaban J connectivity index is 4.07. The zero-order valence-electron chi connectivity index (χ0n) is 45.2. The number of hydrogen-bond donors (Lipinski definition) is 1. The number of unbranched alkanes of at least 4 members (excludes halogenated alkanes) is 34. The quantitative estimate of drug-likeness (QED) is 0.0213. The van der Waals surface area contributed by atoms with Gasteiger partial charge in [0.15, 0.2) is 0 Å². The molecule has 2 unspecified atom stereocenters. The van der Waals surface area contributed by atoms with Gasteiger partial charge < -0.3 is 18.9 Å². The van der Waals surface area contributed by atoms with Gasteiger partial charge in [-0.3, -0.25) is 13.8 Å². The number of phosphoric ester groups is 1. The maximum Gasteiger partial charge on any atom is 0.472 e. The summed E-state index contributed by atoms with van der Waals surface area (Å²) in [6, 6.07) is 0. The number of nitrogens with zero attached hydrogens (tertiary/aromatic N) is 1. The van der Waals surface area contributed by atoms with Crippen LogP contribution in [0, 0.1) is 0 Å². The fourth-order valence-electron chi connectivity index (χ4n) is 8.23. The van der Waals surface area contributed by atoms with Crippen LogP contribution in [0.15, 0.2) is 36.5 Å². The third kappa shape index (κ3) is 55.5. The third-order valence-electron chi connectivity index (χ3n) is 12.7. The Kier molecular flexibility index (Phi) is 50.1. The van der Waals surface area contributed by atoms with Gasteiger partial charge in [-0.1, -0.05) is 230 Å². The molecule has 0 radical (unpaired) electrons. The predicted octanol–water partition coefficient (Wildman–Crippen LogP) is 18.1. The molecule has 0 aromatic rings. The molecular formula is C58H113NO7P+. The lowest BCUT2D eigenvalue weighted by atomic mass is 10.0. The molecule has 1 N–H and O–H groups in total. The zero-order valence-corrected chi connectivity index (χ0v) is 46.0. The van der Waals surface area contributed by atoms with E-state index in [0.29, 0.717) is 24.1 Å². The van der Waals surface area contributed by atoms with E-state index in [1.165, 1.54) is 212 Å². The highest BCUT2D eigenvalue weighted by molar-refractivity contribution is 7.47. The van der Waals surface area contributed by atoms with Gasteiger partial charge in [-0.25, -0.2) is 4.57 Å². The Labute approximate surface area is 416 Å². The fraction of sp³-hybridized carbons (Fsp3) is 0.879. The standard InChI is InChI=1S/C58H112NO7P/c1-6-8-10-12-14-16-18-20-22-24-26-28-29-30-32-34-36-38-40-42-44-46-48-50-53-63-55-57(56-65-67(61,62)64-54-52-59(3,4)5)66-58(60)51-49-47-45-43-41-39-37-35-33-31-27-25-23-21-19-17-15-13-11-9-7-2/h18,20,24-27,57H,6-17,19,21-23,28-56H2,1-5H3/p+1/b20-18-,26-24-,27-25-. The van der Waals surface area contributed by atoms with Crippen LogP contribution in [0.3, 0.4) is 0 Å². The summed E-state index contributed by atoms with van der Waals surface area (Å²) in [5, 5.41) is 0. The number of quaternary nitrogens is 1. The monoisotopic (exact) mass is 967 g/mol. The first-order valence-electron chi connectivity index (χ1n) is 28.7. The highest BCUT2D eigenvalue weighted by atomic mass is 31.2. The number of likely N-dealkylation sites (N-methyl/N-ethyl adjacent to an activating group) is 1. The van der Waals surface area contributed by atoms with Crippen LogP contribution in [-0.2, 0) is 27.9 Å². The van der Waals surface area contributed by atoms with Crippen molar-refractivity contribution in [2.75, 3.05) is 54.1 Å². The first kappa shape index (κ1) is 65.7. The molecule has 0 aromatic carbocycles. The summed E-state index contributed by atoms with van der Waals surface area (Å²) in [7, 11) is 1.67. The van der Waals surface area contributed by atoms with Crippen molar-refractivity contribution in [2.24, 2.45) is 0 Å². The van der Waals surface area contributed by atoms with Gasteiger partial charge in [0.05, 0.1) is 34.4 Å². The molecule has 67 heavy (non-hydrogen) atoms. The molecule has 0 aliphatic carbocycles. The Hall–Kier alpha value is -1.28. The molecule has 0 bridgehead atoms. The lowest BCUT2D eigenvalue weighted by molar-refractivity contribution is -0.870. The highest BCUT2D eigenvalue weighted by Crippen LogP contribution is 2.43. The molecule has 0 saturated heterocycles. The van der Waals surface area contributed by atoms with Crippen LogP contribution in [0.25, 0.3) is 0 Å². The van der Waals surface area contributed by atoms with E-state index in [0.717, 1.165) is 38.5 Å². The van der Waals surface area contributed by atoms with E-state index < -0.39 is 13.9 Å². The molecule has 0 aliphatic rings. The number of rotatable bonds is 54. The minimum absolute atomic E-state index is 0.0889. The average molecular weight is 968 g/mol. The van der Waals surface area contributed by atoms with Gasteiger partial charge in [-0.15, -0.1) is 0 Å². The molecule has 2 atom stereocenters. The van der Waals surface area contributed by atoms with Gasteiger partial charge in [0.1, 0.15) is 19.3 Å². The Morgan fingerprint density at radius 3 is 1.22 bits per heavy atom. The molecule has 0 saturated carbocycles. The van der Waals surface area contributed by atoms with E-state index in [1.54, 1.807) is 0 Å². The van der Waals surface area contributed by atoms with E-state index in [4.69, 9.17) is 18.5 Å². The van der Waals surface area contributed by atoms with Crippen molar-refractivity contribution in [3.05, 3.63) is 36.5 Å². The van der Waals surface area contributed by atoms with Gasteiger partial charge in [0.2, 0.25) is 0 Å². The van der Waals surface area contributed by atoms with Gasteiger partial charge in [0.25, 0.3) is 0 Å². The van der Waals surface area contributed by atoms with Crippen LogP contribution < -0.4 is 0 Å². The molecule has 0 spiro atoms. The second kappa shape index (κ2) is 51.1. The van der Waals surface area contributed by atoms with Gasteiger partial charge >= 0.3 is 13.8 Å². The largest absolute Gasteiger partial charge is 0.472 e. The van der Waals surface area contributed by atoms with Crippen LogP contribution >= 0.6 is 7.82 Å². The van der Waals surface area contributed by atoms with Gasteiger partial charge in [-0.05, 0) is 70.6 Å². The van der Waals surface area contributed by atoms with Crippen LogP contribution in [0.1, 0.15) is 271 Å². The van der Waals surface area contributed by atoms with Crippen molar-refractivity contribution in [1.82, 2.24) is 0 Å². The molecule has 0 heterocycles. The molecule has 9 heteroatoms. The predicted molar refractivity (Wildman–Crippen MR) is 289 cm³/mol. The number of allylic oxidation sites excluding steroid dienone is 6. The third-order valence-corrected chi connectivity index (χ3v) is 13.7. The molecular weight excluding hydrogens is 854 g/mol. The topological polar surface area (TPSA) is 91.3 Å². The van der Waals surface area contributed by atoms with E-state index >= 15 is 0 Å². The molecule has 8 nitrogen and oxygen atoms in total. The molecule has 0 aromatic heterocycles. The van der Waals surface area contributed by atoms with Crippen molar-refractivity contribution in [1.29, 1.82) is 0 Å². The normalized spacial score (nSPS) is 13.7. The van der Waals surface area contributed by atoms with Gasteiger partial charge in [0, 0.05) is 13.0 Å². The minimum atomic E-state index is -4.28. The Bertz CT molecular complexity index is 1170. The van der Waals surface area contributed by atoms with E-state index in [-0.39, 0.29) is 25.8 Å². The zero-order chi connectivity index (χ0) is 49.0. The Morgan fingerprint density at radius 2 is 0.821 bits per heavy atom. The number of phosphoric acid groups is 1. The molecule has 0 fully saturated rings. The number of ether oxygens (including phenoxy) is 2. The minimum Gasteiger partial charge on any atom is -0.457 e. The first-order chi connectivity index (χ1) is 32.6. The summed E-state index contributed by atoms with van der Waals surface area (Å²) < 4.78 is 35.3. The van der Waals surface area contributed by atoms with Crippen molar-refractivity contribution < 1.29 is 37.3 Å². The van der Waals surface area contributed by atoms with Crippen molar-refractivity contribution >= 4 is 13.8 Å². The van der Waals surface area contributed by atoms with Crippen LogP contribution in [-0.4, -0.2) is 75.6 Å². The molecule has 0 aliphatic heterocycles. The van der Waals surface area contributed by atoms with E-state index in [9.17, 15) is 14.3 Å². The second-order valence-corrected chi connectivity index (χ2v) is 22.1. The lowest BCUT2D eigenvalue weighted by Crippen LogP contribution is -2.37. The summed E-state index contributed by atoms with van der Waals surface area (Å²) >= 11 is 0. The number of hydrogen-bond acceptors (Lipinski definition) is 6. The number of carbonyl (C=O) groups excluding carboxylic acids is 1.